The van der Waals surface area contributed by atoms with Crippen LogP contribution >= 0.6 is 15.9 Å². The molecule has 0 atom stereocenters. The van der Waals surface area contributed by atoms with Crippen molar-refractivity contribution in [1.82, 2.24) is 5.32 Å². The molecule has 1 heterocycles. The van der Waals surface area contributed by atoms with Crippen molar-refractivity contribution in [2.45, 2.75) is 25.8 Å². The third-order valence-electron chi connectivity index (χ3n) is 3.98. The number of nitrogens with one attached hydrogen (secondary N) is 1. The van der Waals surface area contributed by atoms with E-state index in [2.05, 4.69) is 27.3 Å². The number of halogens is 1. The normalized spacial score (nSPS) is 19.5. The minimum absolute atomic E-state index is 0.141. The molecule has 1 aliphatic heterocycles. The lowest BCUT2D eigenvalue weighted by Crippen LogP contribution is -2.26. The maximum absolute atomic E-state index is 9.30. The van der Waals surface area contributed by atoms with Gasteiger partial charge in [-0.2, -0.15) is 0 Å². The first-order valence-corrected chi connectivity index (χ1v) is 7.91. The zero-order valence-electron chi connectivity index (χ0n) is 11.5. The van der Waals surface area contributed by atoms with Crippen LogP contribution in [0.1, 0.15) is 24.8 Å². The summed E-state index contributed by atoms with van der Waals surface area (Å²) in [5.41, 5.74) is 1.30. The van der Waals surface area contributed by atoms with Gasteiger partial charge in [-0.05, 0) is 46.5 Å². The fourth-order valence-corrected chi connectivity index (χ4v) is 3.03. The van der Waals surface area contributed by atoms with Crippen LogP contribution in [0.4, 0.5) is 0 Å². The Balaban J connectivity index is 1.65. The first kappa shape index (κ1) is 14.2. The molecule has 0 aromatic heterocycles. The summed E-state index contributed by atoms with van der Waals surface area (Å²) in [6.45, 7) is 3.32. The Labute approximate surface area is 127 Å². The summed E-state index contributed by atoms with van der Waals surface area (Å²) in [6, 6.07) is 4.11. The van der Waals surface area contributed by atoms with Gasteiger partial charge in [0, 0.05) is 31.5 Å². The monoisotopic (exact) mass is 341 g/mol. The molecule has 0 saturated heterocycles. The summed E-state index contributed by atoms with van der Waals surface area (Å²) in [6.07, 6.45) is 3.16. The van der Waals surface area contributed by atoms with Crippen molar-refractivity contribution in [3.8, 4) is 11.5 Å². The molecular weight excluding hydrogens is 322 g/mol. The molecule has 1 aromatic carbocycles. The molecule has 2 aliphatic rings. The number of benzene rings is 1. The summed E-state index contributed by atoms with van der Waals surface area (Å²) in [7, 11) is 0. The predicted octanol–water partition coefficient (Wildman–Crippen LogP) is 2.47. The fourth-order valence-electron chi connectivity index (χ4n) is 2.43. The molecule has 1 aromatic rings. The Morgan fingerprint density at radius 1 is 1.25 bits per heavy atom. The van der Waals surface area contributed by atoms with Crippen LogP contribution in [0.5, 0.6) is 11.5 Å². The van der Waals surface area contributed by atoms with Gasteiger partial charge < -0.3 is 19.9 Å². The lowest BCUT2D eigenvalue weighted by molar-refractivity contribution is 0.207. The van der Waals surface area contributed by atoms with Gasteiger partial charge in [0.2, 0.25) is 0 Å². The Morgan fingerprint density at radius 3 is 2.80 bits per heavy atom. The topological polar surface area (TPSA) is 50.7 Å². The first-order valence-electron chi connectivity index (χ1n) is 7.12. The van der Waals surface area contributed by atoms with Crippen molar-refractivity contribution in [2.24, 2.45) is 5.41 Å². The highest BCUT2D eigenvalue weighted by Gasteiger charge is 2.41. The van der Waals surface area contributed by atoms with E-state index in [4.69, 9.17) is 9.47 Å². The highest BCUT2D eigenvalue weighted by Crippen LogP contribution is 2.44. The van der Waals surface area contributed by atoms with E-state index >= 15 is 0 Å². The second-order valence-corrected chi connectivity index (χ2v) is 6.57. The van der Waals surface area contributed by atoms with Crippen LogP contribution in [0.3, 0.4) is 0 Å². The SMILES string of the molecule is OCC1(CNCc2cc(Br)c3c(c2)OCCCO3)CC1. The van der Waals surface area contributed by atoms with Crippen molar-refractivity contribution in [2.75, 3.05) is 26.4 Å². The molecule has 0 spiro atoms. The zero-order chi connectivity index (χ0) is 14.0. The number of aliphatic hydroxyl groups is 1. The molecule has 2 N–H and O–H groups in total. The van der Waals surface area contributed by atoms with Crippen molar-refractivity contribution >= 4 is 15.9 Å². The van der Waals surface area contributed by atoms with Gasteiger partial charge in [-0.1, -0.05) is 0 Å². The molecule has 0 bridgehead atoms. The second-order valence-electron chi connectivity index (χ2n) is 5.72. The number of aliphatic hydroxyl groups excluding tert-OH is 1. The van der Waals surface area contributed by atoms with Crippen LogP contribution < -0.4 is 14.8 Å². The van der Waals surface area contributed by atoms with E-state index in [1.54, 1.807) is 0 Å². The van der Waals surface area contributed by atoms with Gasteiger partial charge in [0.15, 0.2) is 11.5 Å². The summed E-state index contributed by atoms with van der Waals surface area (Å²) in [4.78, 5) is 0. The Bertz CT molecular complexity index is 488. The van der Waals surface area contributed by atoms with Gasteiger partial charge in [-0.3, -0.25) is 0 Å². The largest absolute Gasteiger partial charge is 0.490 e. The minimum Gasteiger partial charge on any atom is -0.490 e. The molecule has 3 rings (SSSR count). The molecule has 1 saturated carbocycles. The van der Waals surface area contributed by atoms with Gasteiger partial charge in [0.1, 0.15) is 0 Å². The van der Waals surface area contributed by atoms with Crippen LogP contribution in [0.15, 0.2) is 16.6 Å². The highest BCUT2D eigenvalue weighted by molar-refractivity contribution is 9.10. The Kier molecular flexibility index (Phi) is 4.19. The molecule has 110 valence electrons. The van der Waals surface area contributed by atoms with Crippen LogP contribution in [0, 0.1) is 5.41 Å². The number of fused-ring (bicyclic) bond motifs is 1. The van der Waals surface area contributed by atoms with E-state index < -0.39 is 0 Å². The minimum atomic E-state index is 0.141. The molecule has 4 nitrogen and oxygen atoms in total. The third kappa shape index (κ3) is 3.10. The fraction of sp³-hybridized carbons (Fsp3) is 0.600. The molecule has 1 fully saturated rings. The summed E-state index contributed by atoms with van der Waals surface area (Å²) < 4.78 is 12.4. The number of hydrogen-bond donors (Lipinski definition) is 2. The summed E-state index contributed by atoms with van der Waals surface area (Å²) in [5.74, 6) is 1.62. The molecule has 0 radical (unpaired) electrons. The van der Waals surface area contributed by atoms with E-state index in [1.807, 2.05) is 6.07 Å². The number of ether oxygens (including phenoxy) is 2. The average molecular weight is 342 g/mol. The van der Waals surface area contributed by atoms with E-state index in [0.29, 0.717) is 13.2 Å². The van der Waals surface area contributed by atoms with Crippen molar-refractivity contribution < 1.29 is 14.6 Å². The van der Waals surface area contributed by atoms with Gasteiger partial charge in [0.05, 0.1) is 17.7 Å². The maximum atomic E-state index is 9.30. The lowest BCUT2D eigenvalue weighted by atomic mass is 10.1. The number of hydrogen-bond acceptors (Lipinski definition) is 4. The lowest BCUT2D eigenvalue weighted by Gasteiger charge is -2.15. The average Bonchev–Trinajstić information content (AvgIpc) is 3.23. The van der Waals surface area contributed by atoms with Crippen molar-refractivity contribution in [1.29, 1.82) is 0 Å². The molecule has 0 amide bonds. The van der Waals surface area contributed by atoms with E-state index in [0.717, 1.165) is 53.9 Å². The summed E-state index contributed by atoms with van der Waals surface area (Å²) in [5, 5.41) is 12.7. The molecule has 0 unspecified atom stereocenters. The van der Waals surface area contributed by atoms with E-state index in [-0.39, 0.29) is 12.0 Å². The molecule has 20 heavy (non-hydrogen) atoms. The van der Waals surface area contributed by atoms with E-state index in [1.165, 1.54) is 0 Å². The van der Waals surface area contributed by atoms with Crippen LogP contribution in [-0.4, -0.2) is 31.5 Å². The summed E-state index contributed by atoms with van der Waals surface area (Å²) >= 11 is 3.55. The quantitative estimate of drug-likeness (QED) is 0.863. The van der Waals surface area contributed by atoms with Gasteiger partial charge >= 0.3 is 0 Å². The first-order chi connectivity index (χ1) is 9.72. The maximum Gasteiger partial charge on any atom is 0.175 e. The van der Waals surface area contributed by atoms with Crippen LogP contribution in [0.2, 0.25) is 0 Å². The molecule has 5 heteroatoms. The molecular formula is C15H20BrNO3. The second kappa shape index (κ2) is 5.92. The number of rotatable bonds is 5. The Hall–Kier alpha value is -0.780. The van der Waals surface area contributed by atoms with Gasteiger partial charge in [-0.15, -0.1) is 0 Å². The molecule has 1 aliphatic carbocycles. The van der Waals surface area contributed by atoms with Gasteiger partial charge in [-0.25, -0.2) is 0 Å². The van der Waals surface area contributed by atoms with Crippen molar-refractivity contribution in [3.63, 3.8) is 0 Å². The Morgan fingerprint density at radius 2 is 2.05 bits per heavy atom. The third-order valence-corrected chi connectivity index (χ3v) is 4.57. The highest BCUT2D eigenvalue weighted by atomic mass is 79.9. The predicted molar refractivity (Wildman–Crippen MR) is 80.2 cm³/mol. The standard InChI is InChI=1S/C15H20BrNO3/c16-12-6-11(8-17-9-15(10-18)2-3-15)7-13-14(12)20-5-1-4-19-13/h6-7,17-18H,1-5,8-10H2. The van der Waals surface area contributed by atoms with Gasteiger partial charge in [0.25, 0.3) is 0 Å². The van der Waals surface area contributed by atoms with Crippen LogP contribution in [0.25, 0.3) is 0 Å². The zero-order valence-corrected chi connectivity index (χ0v) is 13.0. The van der Waals surface area contributed by atoms with E-state index in [9.17, 15) is 5.11 Å². The van der Waals surface area contributed by atoms with Crippen LogP contribution in [-0.2, 0) is 6.54 Å². The smallest absolute Gasteiger partial charge is 0.175 e. The van der Waals surface area contributed by atoms with Crippen molar-refractivity contribution in [3.05, 3.63) is 22.2 Å².